The second-order valence-corrected chi connectivity index (χ2v) is 17.4. The number of unbranched alkanes of at least 4 members (excludes halogenated alkanes) is 26. The Hall–Kier alpha value is 0.200. The molecular formula is C42H84Cl2N2S. The zero-order valence-corrected chi connectivity index (χ0v) is 35.2. The molecule has 0 spiro atoms. The van der Waals surface area contributed by atoms with E-state index in [2.05, 4.69) is 65.5 Å². The van der Waals surface area contributed by atoms with Crippen molar-refractivity contribution in [1.82, 2.24) is 0 Å². The summed E-state index contributed by atoms with van der Waals surface area (Å²) < 4.78 is 2.27. The van der Waals surface area contributed by atoms with Crippen molar-refractivity contribution in [2.45, 2.75) is 207 Å². The summed E-state index contributed by atoms with van der Waals surface area (Å²) in [5.74, 6) is 0. The predicted octanol–water partition coefficient (Wildman–Crippen LogP) is 7.87. The molecule has 0 N–H and O–H groups in total. The van der Waals surface area contributed by atoms with Gasteiger partial charge in [-0.05, 0) is 37.8 Å². The number of hydrogen-bond acceptors (Lipinski definition) is 1. The summed E-state index contributed by atoms with van der Waals surface area (Å²) in [6.07, 6.45) is 40.4. The molecule has 282 valence electrons. The molecule has 1 rings (SSSR count). The van der Waals surface area contributed by atoms with Crippen molar-refractivity contribution in [3.63, 3.8) is 0 Å². The number of halogens is 2. The summed E-state index contributed by atoms with van der Waals surface area (Å²) in [7, 11) is 9.77. The van der Waals surface area contributed by atoms with Crippen LogP contribution in [-0.4, -0.2) is 50.2 Å². The van der Waals surface area contributed by atoms with E-state index in [-0.39, 0.29) is 24.8 Å². The van der Waals surface area contributed by atoms with Gasteiger partial charge in [0.05, 0.1) is 51.0 Å². The maximum atomic E-state index is 2.44. The lowest BCUT2D eigenvalue weighted by molar-refractivity contribution is -0.903. The fourth-order valence-corrected chi connectivity index (χ4v) is 8.50. The second kappa shape index (κ2) is 33.3. The van der Waals surface area contributed by atoms with Crippen LogP contribution >= 0.6 is 11.3 Å². The summed E-state index contributed by atoms with van der Waals surface area (Å²) in [6.45, 7) is 9.62. The third-order valence-corrected chi connectivity index (χ3v) is 11.2. The van der Waals surface area contributed by atoms with Gasteiger partial charge in [-0.15, -0.1) is 11.3 Å². The molecule has 0 aliphatic carbocycles. The van der Waals surface area contributed by atoms with Crippen LogP contribution in [0.1, 0.15) is 203 Å². The van der Waals surface area contributed by atoms with Crippen LogP contribution in [0.5, 0.6) is 0 Å². The second-order valence-electron chi connectivity index (χ2n) is 16.2. The molecule has 5 heteroatoms. The maximum absolute atomic E-state index is 2.44. The van der Waals surface area contributed by atoms with E-state index < -0.39 is 0 Å². The third kappa shape index (κ3) is 31.9. The van der Waals surface area contributed by atoms with Gasteiger partial charge in [-0.3, -0.25) is 0 Å². The fraction of sp³-hybridized carbons (Fsp3) is 0.905. The average molecular weight is 720 g/mol. The zero-order chi connectivity index (χ0) is 32.9. The largest absolute Gasteiger partial charge is 1.00 e. The zero-order valence-electron chi connectivity index (χ0n) is 32.8. The first kappa shape index (κ1) is 49.3. The van der Waals surface area contributed by atoms with Crippen LogP contribution in [0, 0.1) is 0 Å². The van der Waals surface area contributed by atoms with Crippen molar-refractivity contribution >= 4 is 11.3 Å². The minimum Gasteiger partial charge on any atom is -1.00 e. The first-order chi connectivity index (χ1) is 21.8. The van der Waals surface area contributed by atoms with Crippen molar-refractivity contribution in [2.75, 3.05) is 41.3 Å². The highest BCUT2D eigenvalue weighted by Gasteiger charge is 2.20. The topological polar surface area (TPSA) is 0 Å². The van der Waals surface area contributed by atoms with E-state index >= 15 is 0 Å². The number of nitrogens with zero attached hydrogens (tertiary/aromatic N) is 2. The molecule has 0 atom stereocenters. The molecule has 1 aromatic rings. The standard InChI is InChI=1S/C42H84N2S.2ClH/c1-7-9-11-13-15-17-19-21-23-25-27-29-31-33-37-43(3,4)39-41-35-36-42(45-41)40-44(5,6)38-34-32-30-28-26-24-22-20-18-16-14-12-10-8-2;;/h35-36H,7-34,37-40H2,1-6H3;2*1H/q+2;;/p-2. The first-order valence-electron chi connectivity index (χ1n) is 20.5. The van der Waals surface area contributed by atoms with E-state index in [0.29, 0.717) is 0 Å². The van der Waals surface area contributed by atoms with Crippen molar-refractivity contribution in [1.29, 1.82) is 0 Å². The fourth-order valence-electron chi connectivity index (χ4n) is 7.06. The molecule has 0 amide bonds. The monoisotopic (exact) mass is 719 g/mol. The molecule has 0 aromatic carbocycles. The Morgan fingerprint density at radius 2 is 0.574 bits per heavy atom. The van der Waals surface area contributed by atoms with Gasteiger partial charge in [-0.25, -0.2) is 0 Å². The summed E-state index contributed by atoms with van der Waals surface area (Å²) in [6, 6.07) is 4.86. The SMILES string of the molecule is CCCCCCCCCCCCCCCC[N+](C)(C)Cc1ccc(C[N+](C)(C)CCCCCCCCCCCCCCCC)s1.[Cl-].[Cl-]. The number of hydrogen-bond donors (Lipinski definition) is 0. The molecule has 0 saturated heterocycles. The lowest BCUT2D eigenvalue weighted by atomic mass is 10.0. The van der Waals surface area contributed by atoms with Gasteiger partial charge in [-0.1, -0.05) is 168 Å². The molecule has 0 unspecified atom stereocenters. The van der Waals surface area contributed by atoms with Gasteiger partial charge in [0.1, 0.15) is 13.1 Å². The Labute approximate surface area is 313 Å². The van der Waals surface area contributed by atoms with E-state index in [1.807, 2.05) is 0 Å². The van der Waals surface area contributed by atoms with E-state index in [0.717, 1.165) is 8.97 Å². The minimum absolute atomic E-state index is 0. The van der Waals surface area contributed by atoms with Crippen LogP contribution in [0.3, 0.4) is 0 Å². The lowest BCUT2D eigenvalue weighted by Crippen LogP contribution is -3.00. The average Bonchev–Trinajstić information content (AvgIpc) is 3.42. The molecule has 0 aliphatic heterocycles. The maximum Gasteiger partial charge on any atom is 0.113 e. The Morgan fingerprint density at radius 3 is 0.809 bits per heavy atom. The molecule has 0 bridgehead atoms. The Kier molecular flexibility index (Phi) is 35.0. The van der Waals surface area contributed by atoms with Gasteiger partial charge in [0.15, 0.2) is 0 Å². The Balaban J connectivity index is 0. The third-order valence-electron chi connectivity index (χ3n) is 10.1. The Morgan fingerprint density at radius 1 is 0.362 bits per heavy atom. The highest BCUT2D eigenvalue weighted by Crippen LogP contribution is 2.24. The normalized spacial score (nSPS) is 11.9. The van der Waals surface area contributed by atoms with Gasteiger partial charge in [0.2, 0.25) is 0 Å². The minimum atomic E-state index is 0. The number of thiophene rings is 1. The van der Waals surface area contributed by atoms with Crippen LogP contribution in [0.15, 0.2) is 12.1 Å². The smallest absolute Gasteiger partial charge is 0.113 e. The molecular weight excluding hydrogens is 635 g/mol. The summed E-state index contributed by atoms with van der Waals surface area (Å²) >= 11 is 2.08. The van der Waals surface area contributed by atoms with Gasteiger partial charge in [-0.2, -0.15) is 0 Å². The summed E-state index contributed by atoms with van der Waals surface area (Å²) in [5, 5.41) is 0. The quantitative estimate of drug-likeness (QED) is 0.0503. The highest BCUT2D eigenvalue weighted by atomic mass is 35.5. The molecule has 47 heavy (non-hydrogen) atoms. The molecule has 0 fully saturated rings. The highest BCUT2D eigenvalue weighted by molar-refractivity contribution is 7.11. The van der Waals surface area contributed by atoms with Crippen molar-refractivity contribution < 1.29 is 33.8 Å². The van der Waals surface area contributed by atoms with Crippen LogP contribution in [0.2, 0.25) is 0 Å². The van der Waals surface area contributed by atoms with Crippen molar-refractivity contribution in [3.05, 3.63) is 21.9 Å². The first-order valence-corrected chi connectivity index (χ1v) is 21.3. The van der Waals surface area contributed by atoms with Gasteiger partial charge in [0.25, 0.3) is 0 Å². The molecule has 1 heterocycles. The van der Waals surface area contributed by atoms with Gasteiger partial charge >= 0.3 is 0 Å². The van der Waals surface area contributed by atoms with Crippen LogP contribution in [0.4, 0.5) is 0 Å². The predicted molar refractivity (Wildman–Crippen MR) is 206 cm³/mol. The van der Waals surface area contributed by atoms with Crippen LogP contribution in [0.25, 0.3) is 0 Å². The van der Waals surface area contributed by atoms with Crippen molar-refractivity contribution in [2.24, 2.45) is 0 Å². The summed E-state index contributed by atoms with van der Waals surface area (Å²) in [4.78, 5) is 3.16. The molecule has 0 radical (unpaired) electrons. The molecule has 2 nitrogen and oxygen atoms in total. The van der Waals surface area contributed by atoms with Crippen LogP contribution in [-0.2, 0) is 13.1 Å². The van der Waals surface area contributed by atoms with Gasteiger partial charge in [0, 0.05) is 0 Å². The van der Waals surface area contributed by atoms with Crippen molar-refractivity contribution in [3.8, 4) is 0 Å². The Bertz CT molecular complexity index is 703. The van der Waals surface area contributed by atoms with Gasteiger partial charge < -0.3 is 33.8 Å². The number of rotatable bonds is 34. The van der Waals surface area contributed by atoms with E-state index in [9.17, 15) is 0 Å². The lowest BCUT2D eigenvalue weighted by Gasteiger charge is -2.30. The molecule has 1 aromatic heterocycles. The molecule has 0 saturated carbocycles. The van der Waals surface area contributed by atoms with E-state index in [1.54, 1.807) is 9.75 Å². The molecule has 0 aliphatic rings. The van der Waals surface area contributed by atoms with Crippen LogP contribution < -0.4 is 24.8 Å². The summed E-state index contributed by atoms with van der Waals surface area (Å²) in [5.41, 5.74) is 0. The van der Waals surface area contributed by atoms with E-state index in [4.69, 9.17) is 0 Å². The number of quaternary nitrogens is 2. The van der Waals surface area contributed by atoms with E-state index in [1.165, 1.54) is 206 Å².